The Labute approximate surface area is 162 Å². The van der Waals surface area contributed by atoms with Crippen LogP contribution in [-0.4, -0.2) is 51.6 Å². The molecule has 0 unspecified atom stereocenters. The van der Waals surface area contributed by atoms with Crippen molar-refractivity contribution < 1.29 is 23.5 Å². The van der Waals surface area contributed by atoms with Crippen LogP contribution < -0.4 is 15.1 Å². The summed E-state index contributed by atoms with van der Waals surface area (Å²) in [5.41, 5.74) is 1.95. The first kappa shape index (κ1) is 19.5. The number of ether oxygens (including phenoxy) is 2. The van der Waals surface area contributed by atoms with E-state index in [0.29, 0.717) is 24.5 Å². The summed E-state index contributed by atoms with van der Waals surface area (Å²) in [6, 6.07) is 4.65. The van der Waals surface area contributed by atoms with Crippen molar-refractivity contribution in [1.82, 2.24) is 5.32 Å². The molecule has 1 aromatic carbocycles. The van der Waals surface area contributed by atoms with Crippen LogP contribution in [0.3, 0.4) is 0 Å². The molecule has 1 N–H and O–H groups in total. The number of cyclic esters (lactones) is 1. The molecule has 0 radical (unpaired) electrons. The molecule has 8 nitrogen and oxygen atoms in total. The van der Waals surface area contributed by atoms with E-state index in [1.807, 2.05) is 4.90 Å². The maximum Gasteiger partial charge on any atom is 0.414 e. The summed E-state index contributed by atoms with van der Waals surface area (Å²) in [6.07, 6.45) is 1.27. The first-order valence-electron chi connectivity index (χ1n) is 8.90. The molecule has 0 bridgehead atoms. The van der Waals surface area contributed by atoms with E-state index in [9.17, 15) is 14.0 Å². The fraction of sp³-hybridized carbons (Fsp3) is 0.421. The second-order valence-corrected chi connectivity index (χ2v) is 6.53. The van der Waals surface area contributed by atoms with Gasteiger partial charge in [0.25, 0.3) is 0 Å². The molecule has 1 aromatic rings. The first-order chi connectivity index (χ1) is 13.5. The molecule has 2 aliphatic rings. The van der Waals surface area contributed by atoms with Gasteiger partial charge in [0, 0.05) is 13.1 Å². The smallest absolute Gasteiger partial charge is 0.414 e. The van der Waals surface area contributed by atoms with E-state index >= 15 is 0 Å². The van der Waals surface area contributed by atoms with Crippen molar-refractivity contribution in [2.24, 2.45) is 0 Å². The van der Waals surface area contributed by atoms with Gasteiger partial charge in [-0.2, -0.15) is 0 Å². The second-order valence-electron chi connectivity index (χ2n) is 6.53. The van der Waals surface area contributed by atoms with E-state index in [2.05, 4.69) is 14.9 Å². The van der Waals surface area contributed by atoms with Gasteiger partial charge < -0.3 is 19.7 Å². The largest absolute Gasteiger partial charge is 0.453 e. The highest BCUT2D eigenvalue weighted by Gasteiger charge is 2.33. The minimum absolute atomic E-state index is 0.115. The van der Waals surface area contributed by atoms with Gasteiger partial charge in [0.2, 0.25) is 0 Å². The van der Waals surface area contributed by atoms with Gasteiger partial charge in [-0.05, 0) is 31.0 Å². The molecule has 2 saturated heterocycles. The number of amides is 2. The molecule has 0 aromatic heterocycles. The number of anilines is 2. The molecule has 2 aliphatic heterocycles. The summed E-state index contributed by atoms with van der Waals surface area (Å²) in [5, 5.41) is 2.47. The average Bonchev–Trinajstić information content (AvgIpc) is 3.07. The number of carbonyl (C=O) groups excluding carboxylic acids is 2. The van der Waals surface area contributed by atoms with Crippen LogP contribution in [-0.2, 0) is 9.47 Å². The van der Waals surface area contributed by atoms with Crippen molar-refractivity contribution in [3.05, 3.63) is 47.2 Å². The van der Waals surface area contributed by atoms with Crippen LogP contribution in [0.4, 0.5) is 25.4 Å². The third kappa shape index (κ3) is 4.34. The predicted octanol–water partition coefficient (Wildman–Crippen LogP) is 2.91. The van der Waals surface area contributed by atoms with Gasteiger partial charge in [-0.3, -0.25) is 4.90 Å². The Balaban J connectivity index is 1.64. The average molecular weight is 388 g/mol. The Morgan fingerprint density at radius 3 is 2.86 bits per heavy atom. The second kappa shape index (κ2) is 8.61. The van der Waals surface area contributed by atoms with Crippen molar-refractivity contribution in [3.63, 3.8) is 0 Å². The molecule has 28 heavy (non-hydrogen) atoms. The summed E-state index contributed by atoms with van der Waals surface area (Å²) < 4.78 is 24.4. The van der Waals surface area contributed by atoms with Crippen LogP contribution in [0.15, 0.2) is 30.0 Å². The number of hydrogen-bond donors (Lipinski definition) is 1. The minimum atomic E-state index is -0.610. The molecule has 2 fully saturated rings. The number of halogens is 1. The zero-order valence-electron chi connectivity index (χ0n) is 15.5. The minimum Gasteiger partial charge on any atom is -0.453 e. The Hall–Kier alpha value is -3.28. The number of benzene rings is 1. The van der Waals surface area contributed by atoms with Crippen LogP contribution in [0, 0.1) is 12.4 Å². The zero-order valence-corrected chi connectivity index (χ0v) is 15.5. The zero-order chi connectivity index (χ0) is 20.1. The fourth-order valence-electron chi connectivity index (χ4n) is 3.28. The van der Waals surface area contributed by atoms with Crippen LogP contribution in [0.5, 0.6) is 0 Å². The van der Waals surface area contributed by atoms with Crippen LogP contribution in [0.2, 0.25) is 0 Å². The number of carbonyl (C=O) groups is 2. The van der Waals surface area contributed by atoms with Crippen molar-refractivity contribution in [3.8, 4) is 0 Å². The molecule has 2 heterocycles. The summed E-state index contributed by atoms with van der Waals surface area (Å²) >= 11 is 0. The lowest BCUT2D eigenvalue weighted by Gasteiger charge is -2.31. The highest BCUT2D eigenvalue weighted by Crippen LogP contribution is 2.30. The van der Waals surface area contributed by atoms with Gasteiger partial charge >= 0.3 is 12.2 Å². The summed E-state index contributed by atoms with van der Waals surface area (Å²) in [7, 11) is 1.25. The molecule has 0 aliphatic carbocycles. The number of nitrogens with one attached hydrogen (secondary N) is 1. The van der Waals surface area contributed by atoms with Crippen LogP contribution >= 0.6 is 0 Å². The molecule has 1 atom stereocenters. The van der Waals surface area contributed by atoms with Crippen LogP contribution in [0.25, 0.3) is 4.85 Å². The van der Waals surface area contributed by atoms with Crippen molar-refractivity contribution >= 4 is 23.6 Å². The molecular formula is C19H21FN4O4. The molecule has 0 spiro atoms. The summed E-state index contributed by atoms with van der Waals surface area (Å²) in [4.78, 5) is 29.8. The number of rotatable bonds is 4. The topological polar surface area (TPSA) is 75.5 Å². The number of alkyl carbamates (subject to hydrolysis) is 1. The number of hydrogen-bond acceptors (Lipinski definition) is 5. The number of nitrogens with zero attached hydrogens (tertiary/aromatic N) is 3. The van der Waals surface area contributed by atoms with Crippen LogP contribution in [0.1, 0.15) is 12.8 Å². The van der Waals surface area contributed by atoms with Crippen molar-refractivity contribution in [2.45, 2.75) is 18.9 Å². The van der Waals surface area contributed by atoms with Crippen molar-refractivity contribution in [1.29, 1.82) is 0 Å². The molecule has 9 heteroatoms. The predicted molar refractivity (Wildman–Crippen MR) is 101 cm³/mol. The SMILES string of the molecule is [C-]#[N+]C=C1CCN(c2ccc(N3C[C@H](CNC(=O)OC)OC3=O)cc2F)CC1. The standard InChI is InChI=1S/C19H21FN4O4/c1-21-10-13-5-7-23(8-6-13)17-4-3-14(9-16(17)20)24-12-15(28-19(24)26)11-22-18(25)27-2/h3-4,9-10,15H,5-8,11-12H2,2H3,(H,22,25)/t15-/m0/s1. The highest BCUT2D eigenvalue weighted by molar-refractivity contribution is 5.90. The Kier molecular flexibility index (Phi) is 5.99. The normalized spacial score (nSPS) is 19.1. The maximum absolute atomic E-state index is 14.7. The van der Waals surface area contributed by atoms with E-state index in [0.717, 1.165) is 18.4 Å². The van der Waals surface area contributed by atoms with Gasteiger partial charge in [0.1, 0.15) is 11.9 Å². The van der Waals surface area contributed by atoms with E-state index in [1.165, 1.54) is 18.1 Å². The van der Waals surface area contributed by atoms with E-state index in [1.54, 1.807) is 18.3 Å². The number of piperidine rings is 1. The highest BCUT2D eigenvalue weighted by atomic mass is 19.1. The molecule has 2 amide bonds. The monoisotopic (exact) mass is 388 g/mol. The summed E-state index contributed by atoms with van der Waals surface area (Å²) in [6.45, 7) is 8.49. The lowest BCUT2D eigenvalue weighted by atomic mass is 10.0. The van der Waals surface area contributed by atoms with Gasteiger partial charge in [0.05, 0.1) is 38.1 Å². The quantitative estimate of drug-likeness (QED) is 0.803. The molecule has 3 rings (SSSR count). The maximum atomic E-state index is 14.7. The van der Waals surface area contributed by atoms with E-state index in [-0.39, 0.29) is 13.1 Å². The molecule has 148 valence electrons. The van der Waals surface area contributed by atoms with E-state index in [4.69, 9.17) is 11.3 Å². The third-order valence-corrected chi connectivity index (χ3v) is 4.77. The van der Waals surface area contributed by atoms with Gasteiger partial charge in [-0.15, -0.1) is 0 Å². The summed E-state index contributed by atoms with van der Waals surface area (Å²) in [5.74, 6) is -0.418. The first-order valence-corrected chi connectivity index (χ1v) is 8.90. The Morgan fingerprint density at radius 2 is 2.21 bits per heavy atom. The van der Waals surface area contributed by atoms with Gasteiger partial charge in [-0.1, -0.05) is 5.57 Å². The van der Waals surface area contributed by atoms with Gasteiger partial charge in [0.15, 0.2) is 6.20 Å². The Morgan fingerprint density at radius 1 is 1.46 bits per heavy atom. The lowest BCUT2D eigenvalue weighted by molar-refractivity contribution is 0.132. The fourth-order valence-corrected chi connectivity index (χ4v) is 3.28. The lowest BCUT2D eigenvalue weighted by Crippen LogP contribution is -2.34. The van der Waals surface area contributed by atoms with Gasteiger partial charge in [-0.25, -0.2) is 18.8 Å². The Bertz CT molecular complexity index is 826. The third-order valence-electron chi connectivity index (χ3n) is 4.77. The van der Waals surface area contributed by atoms with Crippen molar-refractivity contribution in [2.75, 3.05) is 43.1 Å². The molecular weight excluding hydrogens is 367 g/mol. The number of methoxy groups -OCH3 is 1. The molecule has 0 saturated carbocycles. The van der Waals surface area contributed by atoms with E-state index < -0.39 is 24.1 Å².